The summed E-state index contributed by atoms with van der Waals surface area (Å²) in [5.74, 6) is -1.53. The second-order valence-corrected chi connectivity index (χ2v) is 5.35. The molecule has 0 heterocycles. The van der Waals surface area contributed by atoms with Gasteiger partial charge in [-0.25, -0.2) is 9.18 Å². The summed E-state index contributed by atoms with van der Waals surface area (Å²) in [7, 11) is 0. The molecule has 0 rings (SSSR count). The van der Waals surface area contributed by atoms with E-state index < -0.39 is 36.4 Å². The maximum Gasteiger partial charge on any atom is 0.407 e. The number of aliphatic carboxylic acids is 1. The number of carbonyl (C=O) groups excluding carboxylic acids is 2. The fraction of sp³-hybridized carbons (Fsp3) is 0.769. The van der Waals surface area contributed by atoms with Gasteiger partial charge < -0.3 is 25.6 Å². The topological polar surface area (TPSA) is 128 Å². The number of alkyl halides is 1. The van der Waals surface area contributed by atoms with Gasteiger partial charge in [0.1, 0.15) is 31.0 Å². The van der Waals surface area contributed by atoms with E-state index in [2.05, 4.69) is 4.74 Å². The van der Waals surface area contributed by atoms with Crippen LogP contribution in [0.5, 0.6) is 0 Å². The van der Waals surface area contributed by atoms with Crippen LogP contribution in [0.3, 0.4) is 0 Å². The van der Waals surface area contributed by atoms with Crippen LogP contribution in [0.4, 0.5) is 9.18 Å². The Morgan fingerprint density at radius 2 is 1.74 bits per heavy atom. The number of carboxylic acid groups (broad SMARTS) is 1. The van der Waals surface area contributed by atoms with E-state index in [9.17, 15) is 18.8 Å². The number of halogens is 2. The van der Waals surface area contributed by atoms with E-state index in [0.29, 0.717) is 0 Å². The van der Waals surface area contributed by atoms with Crippen molar-refractivity contribution in [2.45, 2.75) is 52.3 Å². The third-order valence-corrected chi connectivity index (χ3v) is 1.79. The van der Waals surface area contributed by atoms with Crippen LogP contribution in [-0.2, 0) is 19.1 Å². The number of hydrogen-bond donors (Lipinski definition) is 3. The fourth-order valence-electron chi connectivity index (χ4n) is 0.806. The highest BCUT2D eigenvalue weighted by atomic mass is 35.5. The van der Waals surface area contributed by atoms with Gasteiger partial charge in [0.15, 0.2) is 0 Å². The van der Waals surface area contributed by atoms with Crippen molar-refractivity contribution in [2.24, 2.45) is 5.73 Å². The molecular weight excluding hydrogens is 335 g/mol. The van der Waals surface area contributed by atoms with Crippen molar-refractivity contribution in [1.82, 2.24) is 5.32 Å². The molecule has 0 aromatic rings. The summed E-state index contributed by atoms with van der Waals surface area (Å²) in [6.45, 7) is 7.17. The second-order valence-electron chi connectivity index (χ2n) is 5.35. The van der Waals surface area contributed by atoms with Crippen LogP contribution in [0, 0.1) is 0 Å². The van der Waals surface area contributed by atoms with Crippen LogP contribution in [0.25, 0.3) is 0 Å². The lowest BCUT2D eigenvalue weighted by Gasteiger charge is -2.20. The van der Waals surface area contributed by atoms with Gasteiger partial charge >= 0.3 is 18.0 Å². The molecule has 23 heavy (non-hydrogen) atoms. The third kappa shape index (κ3) is 18.3. The molecule has 0 bridgehead atoms. The Kier molecular flexibility index (Phi) is 14.7. The van der Waals surface area contributed by atoms with Crippen LogP contribution in [0.15, 0.2) is 0 Å². The van der Waals surface area contributed by atoms with Crippen LogP contribution < -0.4 is 11.1 Å². The normalized spacial score (nSPS) is 12.5. The van der Waals surface area contributed by atoms with E-state index in [0.717, 1.165) is 0 Å². The summed E-state index contributed by atoms with van der Waals surface area (Å²) in [5.41, 5.74) is 4.84. The summed E-state index contributed by atoms with van der Waals surface area (Å²) in [5, 5.41) is 10.3. The molecule has 0 aliphatic heterocycles. The maximum atomic E-state index is 11.4. The first-order valence-corrected chi connectivity index (χ1v) is 6.61. The van der Waals surface area contributed by atoms with Crippen LogP contribution in [0.2, 0.25) is 0 Å². The van der Waals surface area contributed by atoms with Crippen LogP contribution in [0.1, 0.15) is 34.6 Å². The van der Waals surface area contributed by atoms with Crippen molar-refractivity contribution in [1.29, 1.82) is 0 Å². The molecule has 0 saturated heterocycles. The van der Waals surface area contributed by atoms with Crippen molar-refractivity contribution < 1.29 is 33.4 Å². The summed E-state index contributed by atoms with van der Waals surface area (Å²) in [6.07, 6.45) is -0.928. The van der Waals surface area contributed by atoms with Crippen LogP contribution >= 0.6 is 12.4 Å². The molecule has 0 aromatic heterocycles. The largest absolute Gasteiger partial charge is 0.480 e. The molecule has 0 radical (unpaired) electrons. The number of amides is 1. The van der Waals surface area contributed by atoms with Gasteiger partial charge in [0.25, 0.3) is 0 Å². The first-order chi connectivity index (χ1) is 9.90. The van der Waals surface area contributed by atoms with E-state index in [4.69, 9.17) is 15.6 Å². The lowest BCUT2D eigenvalue weighted by molar-refractivity contribution is -0.156. The van der Waals surface area contributed by atoms with E-state index in [1.807, 2.05) is 26.1 Å². The maximum absolute atomic E-state index is 11.4. The molecule has 10 heteroatoms. The van der Waals surface area contributed by atoms with Crippen molar-refractivity contribution in [2.75, 3.05) is 13.3 Å². The molecule has 1 amide bonds. The van der Waals surface area contributed by atoms with Gasteiger partial charge in [-0.05, 0) is 34.6 Å². The standard InChI is InChI=1S/C7H15NO2.C6H10FNO4.ClH/c1-5(8)6(9)10-7(2,3)4;1-4(5(9)10)8-6(11)12-3-2-7;/h5H,8H2,1-4H3;4H,2-3H2,1H3,(H,8,11)(H,9,10);1H/t5-;4-;/m00./s1. The third-order valence-electron chi connectivity index (χ3n) is 1.79. The van der Waals surface area contributed by atoms with Crippen LogP contribution in [-0.4, -0.2) is 54.1 Å². The number of hydrogen-bond acceptors (Lipinski definition) is 6. The predicted molar refractivity (Wildman–Crippen MR) is 84.3 cm³/mol. The lowest BCUT2D eigenvalue weighted by atomic mass is 10.2. The Morgan fingerprint density at radius 1 is 1.26 bits per heavy atom. The number of esters is 1. The second kappa shape index (κ2) is 12.9. The number of nitrogens with one attached hydrogen (secondary N) is 1. The van der Waals surface area contributed by atoms with Gasteiger partial charge in [0.2, 0.25) is 0 Å². The molecule has 2 atom stereocenters. The zero-order valence-corrected chi connectivity index (χ0v) is 14.7. The molecule has 0 spiro atoms. The highest BCUT2D eigenvalue weighted by molar-refractivity contribution is 5.85. The van der Waals surface area contributed by atoms with Crippen molar-refractivity contribution in [3.05, 3.63) is 0 Å². The van der Waals surface area contributed by atoms with Gasteiger partial charge in [-0.15, -0.1) is 12.4 Å². The first kappa shape index (κ1) is 26.3. The first-order valence-electron chi connectivity index (χ1n) is 6.61. The van der Waals surface area contributed by atoms with Gasteiger partial charge in [0, 0.05) is 0 Å². The highest BCUT2D eigenvalue weighted by Gasteiger charge is 2.18. The minimum absolute atomic E-state index is 0. The molecule has 0 unspecified atom stereocenters. The average molecular weight is 361 g/mol. The summed E-state index contributed by atoms with van der Waals surface area (Å²) < 4.78 is 20.6. The SMILES string of the molecule is C[C@H](N)C(=O)OC(C)(C)C.C[C@H](NC(=O)OCCF)C(=O)O.Cl. The summed E-state index contributed by atoms with van der Waals surface area (Å²) in [6, 6.07) is -1.56. The van der Waals surface area contributed by atoms with Gasteiger partial charge in [-0.3, -0.25) is 9.59 Å². The molecule has 138 valence electrons. The van der Waals surface area contributed by atoms with Gasteiger partial charge in [-0.1, -0.05) is 0 Å². The number of carboxylic acids is 1. The Morgan fingerprint density at radius 3 is 2.00 bits per heavy atom. The summed E-state index contributed by atoms with van der Waals surface area (Å²) in [4.78, 5) is 31.5. The highest BCUT2D eigenvalue weighted by Crippen LogP contribution is 2.07. The number of ether oxygens (including phenoxy) is 2. The molecule has 0 fully saturated rings. The monoisotopic (exact) mass is 360 g/mol. The number of carbonyl (C=O) groups is 3. The quantitative estimate of drug-likeness (QED) is 0.629. The van der Waals surface area contributed by atoms with Crippen molar-refractivity contribution >= 4 is 30.4 Å². The van der Waals surface area contributed by atoms with E-state index in [1.54, 1.807) is 6.92 Å². The number of alkyl carbamates (subject to hydrolysis) is 1. The van der Waals surface area contributed by atoms with E-state index in [1.165, 1.54) is 6.92 Å². The number of nitrogens with two attached hydrogens (primary N) is 1. The molecule has 8 nitrogen and oxygen atoms in total. The summed E-state index contributed by atoms with van der Waals surface area (Å²) >= 11 is 0. The Labute approximate surface area is 141 Å². The van der Waals surface area contributed by atoms with E-state index >= 15 is 0 Å². The van der Waals surface area contributed by atoms with E-state index in [-0.39, 0.29) is 25.0 Å². The van der Waals surface area contributed by atoms with Crippen molar-refractivity contribution in [3.63, 3.8) is 0 Å². The minimum Gasteiger partial charge on any atom is -0.480 e. The molecular formula is C13H26ClFN2O6. The number of rotatable bonds is 5. The molecule has 0 saturated carbocycles. The smallest absolute Gasteiger partial charge is 0.407 e. The Bertz CT molecular complexity index is 374. The Balaban J connectivity index is -0.000000338. The predicted octanol–water partition coefficient (Wildman–Crippen LogP) is 1.25. The molecule has 0 aliphatic rings. The van der Waals surface area contributed by atoms with Crippen molar-refractivity contribution in [3.8, 4) is 0 Å². The minimum atomic E-state index is -1.17. The molecule has 4 N–H and O–H groups in total. The Hall–Kier alpha value is -1.61. The average Bonchev–Trinajstić information content (AvgIpc) is 2.34. The van der Waals surface area contributed by atoms with Gasteiger partial charge in [0.05, 0.1) is 0 Å². The lowest BCUT2D eigenvalue weighted by Crippen LogP contribution is -2.38. The van der Waals surface area contributed by atoms with Gasteiger partial charge in [-0.2, -0.15) is 0 Å². The molecule has 0 aromatic carbocycles. The molecule has 0 aliphatic carbocycles. The fourth-order valence-corrected chi connectivity index (χ4v) is 0.806. The zero-order valence-electron chi connectivity index (χ0n) is 13.9. The zero-order chi connectivity index (χ0) is 17.9.